The average Bonchev–Trinajstić information content (AvgIpc) is 2.52. The van der Waals surface area contributed by atoms with E-state index in [2.05, 4.69) is 54.6 Å². The van der Waals surface area contributed by atoms with E-state index in [9.17, 15) is 0 Å². The third kappa shape index (κ3) is 4.92. The maximum Gasteiger partial charge on any atom is 0.00933 e. The van der Waals surface area contributed by atoms with Gasteiger partial charge in [-0.05, 0) is 71.1 Å². The van der Waals surface area contributed by atoms with Gasteiger partial charge >= 0.3 is 0 Å². The molecule has 0 atom stereocenters. The number of nitrogens with one attached hydrogen (secondary N) is 1. The molecule has 0 bridgehead atoms. The average molecular weight is 274 g/mol. The molecule has 1 aromatic rings. The molecule has 1 fully saturated rings. The summed E-state index contributed by atoms with van der Waals surface area (Å²) in [5, 5.41) is 3.42. The topological polar surface area (TPSA) is 15.3 Å². The number of rotatable bonds is 7. The first-order chi connectivity index (χ1) is 9.79. The molecule has 0 aliphatic heterocycles. The Kier molecular flexibility index (Phi) is 6.55. The van der Waals surface area contributed by atoms with E-state index in [0.29, 0.717) is 0 Å². The van der Waals surface area contributed by atoms with Crippen molar-refractivity contribution in [2.45, 2.75) is 57.0 Å². The normalized spacial score (nSPS) is 23.1. The summed E-state index contributed by atoms with van der Waals surface area (Å²) in [7, 11) is 4.41. The minimum absolute atomic E-state index is 0.762. The van der Waals surface area contributed by atoms with Crippen molar-refractivity contribution in [1.82, 2.24) is 10.2 Å². The second-order valence-corrected chi connectivity index (χ2v) is 6.22. The maximum absolute atomic E-state index is 3.42. The summed E-state index contributed by atoms with van der Waals surface area (Å²) in [6, 6.07) is 12.4. The fraction of sp³-hybridized carbons (Fsp3) is 0.667. The van der Waals surface area contributed by atoms with Crippen LogP contribution >= 0.6 is 0 Å². The Morgan fingerprint density at radius 3 is 2.40 bits per heavy atom. The van der Waals surface area contributed by atoms with E-state index in [4.69, 9.17) is 0 Å². The minimum Gasteiger partial charge on any atom is -0.317 e. The molecule has 1 N–H and O–H groups in total. The highest BCUT2D eigenvalue weighted by atomic mass is 15.1. The van der Waals surface area contributed by atoms with Crippen LogP contribution in [0, 0.1) is 0 Å². The van der Waals surface area contributed by atoms with Gasteiger partial charge in [-0.2, -0.15) is 0 Å². The van der Waals surface area contributed by atoms with Gasteiger partial charge in [0.15, 0.2) is 0 Å². The molecule has 0 unspecified atom stereocenters. The number of benzene rings is 1. The first-order valence-corrected chi connectivity index (χ1v) is 8.21. The molecule has 0 radical (unpaired) electrons. The molecule has 2 rings (SSSR count). The SMILES string of the molecule is CNC1CCC(N(C)CCCCc2ccccc2)CC1. The molecular weight excluding hydrogens is 244 g/mol. The molecule has 0 saturated heterocycles. The van der Waals surface area contributed by atoms with Crippen LogP contribution in [-0.4, -0.2) is 37.6 Å². The predicted molar refractivity (Wildman–Crippen MR) is 87.1 cm³/mol. The summed E-state index contributed by atoms with van der Waals surface area (Å²) in [6.45, 7) is 1.25. The second-order valence-electron chi connectivity index (χ2n) is 6.22. The van der Waals surface area contributed by atoms with Crippen LogP contribution in [0.2, 0.25) is 0 Å². The van der Waals surface area contributed by atoms with Gasteiger partial charge in [-0.3, -0.25) is 0 Å². The van der Waals surface area contributed by atoms with Crippen molar-refractivity contribution in [1.29, 1.82) is 0 Å². The summed E-state index contributed by atoms with van der Waals surface area (Å²) in [5.41, 5.74) is 1.48. The third-order valence-electron chi connectivity index (χ3n) is 4.80. The molecule has 0 amide bonds. The van der Waals surface area contributed by atoms with Crippen molar-refractivity contribution in [2.24, 2.45) is 0 Å². The Balaban J connectivity index is 1.59. The van der Waals surface area contributed by atoms with Crippen LogP contribution in [0.4, 0.5) is 0 Å². The lowest BCUT2D eigenvalue weighted by molar-refractivity contribution is 0.174. The number of unbranched alkanes of at least 4 members (excludes halogenated alkanes) is 1. The van der Waals surface area contributed by atoms with E-state index in [1.54, 1.807) is 0 Å². The number of aryl methyl sites for hydroxylation is 1. The quantitative estimate of drug-likeness (QED) is 0.766. The lowest BCUT2D eigenvalue weighted by Gasteiger charge is -2.34. The highest BCUT2D eigenvalue weighted by Gasteiger charge is 2.22. The Hall–Kier alpha value is -0.860. The van der Waals surface area contributed by atoms with Crippen LogP contribution in [0.1, 0.15) is 44.1 Å². The Bertz CT molecular complexity index is 355. The Morgan fingerprint density at radius 1 is 1.05 bits per heavy atom. The number of hydrogen-bond acceptors (Lipinski definition) is 2. The van der Waals surface area contributed by atoms with E-state index in [0.717, 1.165) is 12.1 Å². The van der Waals surface area contributed by atoms with E-state index in [1.165, 1.54) is 57.1 Å². The van der Waals surface area contributed by atoms with Crippen molar-refractivity contribution in [3.05, 3.63) is 35.9 Å². The van der Waals surface area contributed by atoms with Crippen molar-refractivity contribution < 1.29 is 0 Å². The van der Waals surface area contributed by atoms with Crippen molar-refractivity contribution >= 4 is 0 Å². The maximum atomic E-state index is 3.42. The fourth-order valence-corrected chi connectivity index (χ4v) is 3.32. The van der Waals surface area contributed by atoms with Crippen LogP contribution in [0.15, 0.2) is 30.3 Å². The van der Waals surface area contributed by atoms with E-state index < -0.39 is 0 Å². The summed E-state index contributed by atoms with van der Waals surface area (Å²) >= 11 is 0. The minimum atomic E-state index is 0.762. The van der Waals surface area contributed by atoms with Crippen LogP contribution in [-0.2, 0) is 6.42 Å². The van der Waals surface area contributed by atoms with Gasteiger partial charge in [0, 0.05) is 12.1 Å². The van der Waals surface area contributed by atoms with E-state index >= 15 is 0 Å². The third-order valence-corrected chi connectivity index (χ3v) is 4.80. The van der Waals surface area contributed by atoms with Gasteiger partial charge in [-0.25, -0.2) is 0 Å². The zero-order valence-electron chi connectivity index (χ0n) is 13.1. The predicted octanol–water partition coefficient (Wildman–Crippen LogP) is 3.47. The van der Waals surface area contributed by atoms with Gasteiger partial charge in [0.25, 0.3) is 0 Å². The van der Waals surface area contributed by atoms with Gasteiger partial charge < -0.3 is 10.2 Å². The van der Waals surface area contributed by atoms with E-state index in [-0.39, 0.29) is 0 Å². The van der Waals surface area contributed by atoms with E-state index in [1.807, 2.05) is 0 Å². The van der Waals surface area contributed by atoms with Gasteiger partial charge in [0.05, 0.1) is 0 Å². The van der Waals surface area contributed by atoms with Gasteiger partial charge in [-0.15, -0.1) is 0 Å². The zero-order chi connectivity index (χ0) is 14.2. The molecule has 2 heteroatoms. The molecule has 0 aromatic heterocycles. The first-order valence-electron chi connectivity index (χ1n) is 8.21. The van der Waals surface area contributed by atoms with Crippen molar-refractivity contribution in [3.63, 3.8) is 0 Å². The van der Waals surface area contributed by atoms with Crippen LogP contribution in [0.5, 0.6) is 0 Å². The van der Waals surface area contributed by atoms with Gasteiger partial charge in [0.2, 0.25) is 0 Å². The van der Waals surface area contributed by atoms with Crippen LogP contribution in [0.3, 0.4) is 0 Å². The fourth-order valence-electron chi connectivity index (χ4n) is 3.32. The number of hydrogen-bond donors (Lipinski definition) is 1. The molecule has 1 aliphatic rings. The van der Waals surface area contributed by atoms with Crippen LogP contribution in [0.25, 0.3) is 0 Å². The first kappa shape index (κ1) is 15.5. The summed E-state index contributed by atoms with van der Waals surface area (Å²) < 4.78 is 0. The molecule has 1 saturated carbocycles. The van der Waals surface area contributed by atoms with Crippen molar-refractivity contribution in [3.8, 4) is 0 Å². The highest BCUT2D eigenvalue weighted by molar-refractivity contribution is 5.14. The van der Waals surface area contributed by atoms with Crippen molar-refractivity contribution in [2.75, 3.05) is 20.6 Å². The van der Waals surface area contributed by atoms with Crippen LogP contribution < -0.4 is 5.32 Å². The lowest BCUT2D eigenvalue weighted by Crippen LogP contribution is -2.40. The summed E-state index contributed by atoms with van der Waals surface area (Å²) in [6.07, 6.45) is 9.26. The molecular formula is C18H30N2. The summed E-state index contributed by atoms with van der Waals surface area (Å²) in [4.78, 5) is 2.59. The Morgan fingerprint density at radius 2 is 1.75 bits per heavy atom. The molecule has 1 aromatic carbocycles. The highest BCUT2D eigenvalue weighted by Crippen LogP contribution is 2.22. The molecule has 0 spiro atoms. The van der Waals surface area contributed by atoms with Gasteiger partial charge in [0.1, 0.15) is 0 Å². The van der Waals surface area contributed by atoms with Gasteiger partial charge in [-0.1, -0.05) is 30.3 Å². The molecule has 20 heavy (non-hydrogen) atoms. The molecule has 112 valence electrons. The second kappa shape index (κ2) is 8.43. The standard InChI is InChI=1S/C18H30N2/c1-19-17-11-13-18(14-12-17)20(2)15-7-6-10-16-8-4-3-5-9-16/h3-5,8-9,17-19H,6-7,10-15H2,1-2H3. The lowest BCUT2D eigenvalue weighted by atomic mass is 9.90. The molecule has 0 heterocycles. The number of nitrogens with zero attached hydrogens (tertiary/aromatic N) is 1. The largest absolute Gasteiger partial charge is 0.317 e. The molecule has 2 nitrogen and oxygen atoms in total. The summed E-state index contributed by atoms with van der Waals surface area (Å²) in [5.74, 6) is 0. The Labute approximate surface area is 124 Å². The zero-order valence-corrected chi connectivity index (χ0v) is 13.1. The monoisotopic (exact) mass is 274 g/mol. The smallest absolute Gasteiger partial charge is 0.00933 e. The molecule has 1 aliphatic carbocycles.